The minimum absolute atomic E-state index is 0.0589. The van der Waals surface area contributed by atoms with Crippen LogP contribution < -0.4 is 10.5 Å². The summed E-state index contributed by atoms with van der Waals surface area (Å²) < 4.78 is 26.9. The largest absolute Gasteiger partial charge is 0.398 e. The SMILES string of the molecule is Nc1cccc(Cl)c1S(=O)(=O)NCCSc1ccccc1. The lowest BCUT2D eigenvalue weighted by Gasteiger charge is -2.10. The first kappa shape index (κ1) is 16.2. The topological polar surface area (TPSA) is 72.2 Å². The van der Waals surface area contributed by atoms with E-state index in [1.165, 1.54) is 12.1 Å². The second-order valence-electron chi connectivity index (χ2n) is 4.22. The molecule has 0 atom stereocenters. The molecule has 0 saturated carbocycles. The third-order valence-electron chi connectivity index (χ3n) is 2.67. The molecule has 2 rings (SSSR count). The van der Waals surface area contributed by atoms with Gasteiger partial charge in [0, 0.05) is 17.2 Å². The first-order chi connectivity index (χ1) is 10.0. The lowest BCUT2D eigenvalue weighted by Crippen LogP contribution is -2.27. The van der Waals surface area contributed by atoms with E-state index < -0.39 is 10.0 Å². The molecular weight excluding hydrogens is 328 g/mol. The summed E-state index contributed by atoms with van der Waals surface area (Å²) in [6, 6.07) is 14.4. The summed E-state index contributed by atoms with van der Waals surface area (Å²) in [6.45, 7) is 0.298. The zero-order chi connectivity index (χ0) is 15.3. The van der Waals surface area contributed by atoms with Crippen LogP contribution in [0.1, 0.15) is 0 Å². The number of sulfonamides is 1. The number of nitrogens with two attached hydrogens (primary N) is 1. The normalized spacial score (nSPS) is 11.5. The highest BCUT2D eigenvalue weighted by Crippen LogP contribution is 2.26. The van der Waals surface area contributed by atoms with Crippen molar-refractivity contribution in [1.82, 2.24) is 4.72 Å². The molecular formula is C14H15ClN2O2S2. The van der Waals surface area contributed by atoms with Gasteiger partial charge in [-0.25, -0.2) is 13.1 Å². The molecule has 0 aliphatic rings. The zero-order valence-electron chi connectivity index (χ0n) is 11.1. The van der Waals surface area contributed by atoms with Crippen LogP contribution >= 0.6 is 23.4 Å². The van der Waals surface area contributed by atoms with Gasteiger partial charge in [0.1, 0.15) is 4.90 Å². The van der Waals surface area contributed by atoms with Crippen molar-refractivity contribution in [3.8, 4) is 0 Å². The quantitative estimate of drug-likeness (QED) is 0.481. The summed E-state index contributed by atoms with van der Waals surface area (Å²) in [4.78, 5) is 1.03. The van der Waals surface area contributed by atoms with Gasteiger partial charge in [-0.2, -0.15) is 0 Å². The van der Waals surface area contributed by atoms with Gasteiger partial charge in [-0.15, -0.1) is 11.8 Å². The Hall–Kier alpha value is -1.21. The lowest BCUT2D eigenvalue weighted by molar-refractivity contribution is 0.584. The molecule has 0 aliphatic heterocycles. The minimum atomic E-state index is -3.70. The second kappa shape index (κ2) is 7.17. The number of halogens is 1. The number of rotatable bonds is 6. The zero-order valence-corrected chi connectivity index (χ0v) is 13.5. The summed E-state index contributed by atoms with van der Waals surface area (Å²) in [5.74, 6) is 0.619. The number of nitrogens with one attached hydrogen (secondary N) is 1. The fourth-order valence-corrected chi connectivity index (χ4v) is 4.37. The van der Waals surface area contributed by atoms with Gasteiger partial charge in [0.05, 0.1) is 10.7 Å². The first-order valence-electron chi connectivity index (χ1n) is 6.22. The summed E-state index contributed by atoms with van der Waals surface area (Å²) in [5.41, 5.74) is 5.84. The van der Waals surface area contributed by atoms with Gasteiger partial charge in [0.25, 0.3) is 0 Å². The van der Waals surface area contributed by atoms with Crippen molar-refractivity contribution in [2.24, 2.45) is 0 Å². The van der Waals surface area contributed by atoms with E-state index in [4.69, 9.17) is 17.3 Å². The number of benzene rings is 2. The molecule has 112 valence electrons. The van der Waals surface area contributed by atoms with Gasteiger partial charge >= 0.3 is 0 Å². The number of hydrogen-bond acceptors (Lipinski definition) is 4. The molecule has 0 aliphatic carbocycles. The van der Waals surface area contributed by atoms with Crippen LogP contribution in [0.15, 0.2) is 58.3 Å². The van der Waals surface area contributed by atoms with E-state index in [2.05, 4.69) is 4.72 Å². The van der Waals surface area contributed by atoms with E-state index in [-0.39, 0.29) is 15.6 Å². The molecule has 0 saturated heterocycles. The molecule has 0 fully saturated rings. The highest BCUT2D eigenvalue weighted by Gasteiger charge is 2.20. The van der Waals surface area contributed by atoms with E-state index in [1.54, 1.807) is 17.8 Å². The Kier molecular flexibility index (Phi) is 5.52. The van der Waals surface area contributed by atoms with Crippen molar-refractivity contribution in [3.63, 3.8) is 0 Å². The molecule has 21 heavy (non-hydrogen) atoms. The second-order valence-corrected chi connectivity index (χ2v) is 7.50. The fraction of sp³-hybridized carbons (Fsp3) is 0.143. The van der Waals surface area contributed by atoms with E-state index in [1.807, 2.05) is 30.3 Å². The van der Waals surface area contributed by atoms with E-state index in [0.717, 1.165) is 4.90 Å². The van der Waals surface area contributed by atoms with Gasteiger partial charge in [-0.05, 0) is 24.3 Å². The molecule has 0 radical (unpaired) electrons. The van der Waals surface area contributed by atoms with Crippen LogP contribution in [0.5, 0.6) is 0 Å². The lowest BCUT2D eigenvalue weighted by atomic mass is 10.3. The van der Waals surface area contributed by atoms with Crippen molar-refractivity contribution in [2.45, 2.75) is 9.79 Å². The monoisotopic (exact) mass is 342 g/mol. The molecule has 0 unspecified atom stereocenters. The predicted molar refractivity (Wildman–Crippen MR) is 88.2 cm³/mol. The smallest absolute Gasteiger partial charge is 0.244 e. The Bertz CT molecular complexity index is 686. The average molecular weight is 343 g/mol. The predicted octanol–water partition coefficient (Wildman–Crippen LogP) is 2.99. The molecule has 3 N–H and O–H groups in total. The van der Waals surface area contributed by atoms with Crippen molar-refractivity contribution in [1.29, 1.82) is 0 Å². The number of hydrogen-bond donors (Lipinski definition) is 2. The maximum absolute atomic E-state index is 12.2. The highest BCUT2D eigenvalue weighted by atomic mass is 35.5. The van der Waals surface area contributed by atoms with E-state index in [0.29, 0.717) is 12.3 Å². The molecule has 7 heteroatoms. The molecule has 0 amide bonds. The molecule has 0 heterocycles. The molecule has 0 bridgehead atoms. The number of thioether (sulfide) groups is 1. The molecule has 2 aromatic rings. The summed E-state index contributed by atoms with van der Waals surface area (Å²) in [6.07, 6.45) is 0. The molecule has 0 spiro atoms. The van der Waals surface area contributed by atoms with Crippen LogP contribution in [0.4, 0.5) is 5.69 Å². The van der Waals surface area contributed by atoms with Crippen LogP contribution in [0.2, 0.25) is 5.02 Å². The third-order valence-corrected chi connectivity index (χ3v) is 5.69. The third kappa shape index (κ3) is 4.38. The average Bonchev–Trinajstić information content (AvgIpc) is 2.44. The molecule has 0 aromatic heterocycles. The minimum Gasteiger partial charge on any atom is -0.398 e. The van der Waals surface area contributed by atoms with Crippen LogP contribution in [-0.2, 0) is 10.0 Å². The Morgan fingerprint density at radius 1 is 1.10 bits per heavy atom. The number of anilines is 1. The van der Waals surface area contributed by atoms with Gasteiger partial charge < -0.3 is 5.73 Å². The van der Waals surface area contributed by atoms with Crippen molar-refractivity contribution >= 4 is 39.1 Å². The van der Waals surface area contributed by atoms with Gasteiger partial charge in [-0.3, -0.25) is 0 Å². The van der Waals surface area contributed by atoms with Gasteiger partial charge in [0.2, 0.25) is 10.0 Å². The number of nitrogen functional groups attached to an aromatic ring is 1. The van der Waals surface area contributed by atoms with Crippen molar-refractivity contribution in [3.05, 3.63) is 53.6 Å². The van der Waals surface area contributed by atoms with Crippen LogP contribution in [-0.4, -0.2) is 20.7 Å². The van der Waals surface area contributed by atoms with Crippen LogP contribution in [0, 0.1) is 0 Å². The Morgan fingerprint density at radius 3 is 2.48 bits per heavy atom. The maximum Gasteiger partial charge on any atom is 0.244 e. The Labute approximate surface area is 133 Å². The maximum atomic E-state index is 12.2. The van der Waals surface area contributed by atoms with Crippen LogP contribution in [0.3, 0.4) is 0 Å². The Balaban J connectivity index is 1.96. The highest BCUT2D eigenvalue weighted by molar-refractivity contribution is 7.99. The molecule has 4 nitrogen and oxygen atoms in total. The van der Waals surface area contributed by atoms with E-state index >= 15 is 0 Å². The summed E-state index contributed by atoms with van der Waals surface area (Å²) in [7, 11) is -3.70. The molecule has 2 aromatic carbocycles. The van der Waals surface area contributed by atoms with Crippen LogP contribution in [0.25, 0.3) is 0 Å². The first-order valence-corrected chi connectivity index (χ1v) is 9.07. The van der Waals surface area contributed by atoms with Gasteiger partial charge in [0.15, 0.2) is 0 Å². The van der Waals surface area contributed by atoms with Crippen molar-refractivity contribution < 1.29 is 8.42 Å². The van der Waals surface area contributed by atoms with Crippen molar-refractivity contribution in [2.75, 3.05) is 18.0 Å². The fourth-order valence-electron chi connectivity index (χ4n) is 1.74. The standard InChI is InChI=1S/C14H15ClN2O2S2/c15-12-7-4-8-13(16)14(12)21(18,19)17-9-10-20-11-5-2-1-3-6-11/h1-8,17H,9-10,16H2. The summed E-state index contributed by atoms with van der Waals surface area (Å²) in [5, 5.41) is 0.123. The Morgan fingerprint density at radius 2 is 1.81 bits per heavy atom. The van der Waals surface area contributed by atoms with E-state index in [9.17, 15) is 8.42 Å². The van der Waals surface area contributed by atoms with Gasteiger partial charge in [-0.1, -0.05) is 35.9 Å². The summed E-state index contributed by atoms with van der Waals surface area (Å²) >= 11 is 7.49.